The van der Waals surface area contributed by atoms with Crippen molar-refractivity contribution in [1.82, 2.24) is 0 Å². The summed E-state index contributed by atoms with van der Waals surface area (Å²) in [4.78, 5) is 14.6. The van der Waals surface area contributed by atoms with Gasteiger partial charge >= 0.3 is 0 Å². The first-order chi connectivity index (χ1) is 10.2. The molecule has 0 unspecified atom stereocenters. The second-order valence-electron chi connectivity index (χ2n) is 5.97. The number of fused-ring (bicyclic) bond motifs is 1. The van der Waals surface area contributed by atoms with Gasteiger partial charge in [0.15, 0.2) is 0 Å². The molecular weight excluding hydrogens is 278 g/mol. The molecule has 2 aromatic carbocycles. The van der Waals surface area contributed by atoms with Gasteiger partial charge in [-0.15, -0.1) is 0 Å². The smallest absolute Gasteiger partial charge is 0.227 e. The standard InChI is InChI=1S/C18H21NOS/c1-2-19(17(20)12-18(13-21)10-11-18)16-9-5-7-14-6-3-4-8-15(14)16/h3-9,21H,2,10-13H2,1H3. The molecule has 0 N–H and O–H groups in total. The molecule has 2 aromatic rings. The monoisotopic (exact) mass is 299 g/mol. The van der Waals surface area contributed by atoms with Crippen molar-refractivity contribution in [3.05, 3.63) is 42.5 Å². The molecule has 1 aliphatic carbocycles. The number of thiol groups is 1. The molecule has 3 heteroatoms. The lowest BCUT2D eigenvalue weighted by atomic mass is 10.0. The van der Waals surface area contributed by atoms with E-state index in [1.54, 1.807) is 0 Å². The first-order valence-corrected chi connectivity index (χ1v) is 8.21. The third-order valence-electron chi connectivity index (χ3n) is 4.49. The van der Waals surface area contributed by atoms with Crippen LogP contribution in [0.4, 0.5) is 5.69 Å². The molecule has 1 aliphatic rings. The summed E-state index contributed by atoms with van der Waals surface area (Å²) in [6, 6.07) is 14.4. The Labute approximate surface area is 131 Å². The molecule has 0 spiro atoms. The number of carbonyl (C=O) groups is 1. The Morgan fingerprint density at radius 1 is 1.19 bits per heavy atom. The molecule has 1 amide bonds. The Hall–Kier alpha value is -1.48. The van der Waals surface area contributed by atoms with Crippen LogP contribution in [0, 0.1) is 5.41 Å². The van der Waals surface area contributed by atoms with Crippen LogP contribution in [0.3, 0.4) is 0 Å². The van der Waals surface area contributed by atoms with Gasteiger partial charge in [0.1, 0.15) is 0 Å². The van der Waals surface area contributed by atoms with Crippen LogP contribution in [-0.4, -0.2) is 18.2 Å². The first-order valence-electron chi connectivity index (χ1n) is 7.58. The fraction of sp³-hybridized carbons (Fsp3) is 0.389. The SMILES string of the molecule is CCN(C(=O)CC1(CS)CC1)c1cccc2ccccc12. The van der Waals surface area contributed by atoms with E-state index in [0.29, 0.717) is 13.0 Å². The van der Waals surface area contributed by atoms with Crippen molar-refractivity contribution in [2.24, 2.45) is 5.41 Å². The summed E-state index contributed by atoms with van der Waals surface area (Å²) in [6.07, 6.45) is 2.89. The van der Waals surface area contributed by atoms with E-state index in [0.717, 1.165) is 29.7 Å². The van der Waals surface area contributed by atoms with E-state index >= 15 is 0 Å². The van der Waals surface area contributed by atoms with Crippen LogP contribution in [0.25, 0.3) is 10.8 Å². The van der Waals surface area contributed by atoms with Crippen molar-refractivity contribution in [1.29, 1.82) is 0 Å². The fourth-order valence-corrected chi connectivity index (χ4v) is 3.34. The summed E-state index contributed by atoms with van der Waals surface area (Å²) in [7, 11) is 0. The number of carbonyl (C=O) groups excluding carboxylic acids is 1. The van der Waals surface area contributed by atoms with Gasteiger partial charge < -0.3 is 4.90 Å². The van der Waals surface area contributed by atoms with Gasteiger partial charge in [0.2, 0.25) is 5.91 Å². The molecule has 2 nitrogen and oxygen atoms in total. The lowest BCUT2D eigenvalue weighted by Crippen LogP contribution is -2.33. The van der Waals surface area contributed by atoms with E-state index < -0.39 is 0 Å². The number of benzene rings is 2. The van der Waals surface area contributed by atoms with Crippen molar-refractivity contribution in [3.63, 3.8) is 0 Å². The number of anilines is 1. The minimum atomic E-state index is 0.165. The molecule has 1 saturated carbocycles. The molecule has 1 fully saturated rings. The highest BCUT2D eigenvalue weighted by Gasteiger charge is 2.43. The van der Waals surface area contributed by atoms with Gasteiger partial charge in [-0.1, -0.05) is 36.4 Å². The average molecular weight is 299 g/mol. The zero-order chi connectivity index (χ0) is 14.9. The van der Waals surface area contributed by atoms with Gasteiger partial charge in [0.05, 0.1) is 5.69 Å². The van der Waals surface area contributed by atoms with Crippen LogP contribution in [-0.2, 0) is 4.79 Å². The van der Waals surface area contributed by atoms with Crippen molar-refractivity contribution >= 4 is 35.0 Å². The summed E-state index contributed by atoms with van der Waals surface area (Å²) in [5.41, 5.74) is 1.19. The third-order valence-corrected chi connectivity index (χ3v) is 5.16. The molecule has 3 rings (SSSR count). The Balaban J connectivity index is 1.93. The molecule has 110 valence electrons. The first kappa shape index (κ1) is 14.5. The van der Waals surface area contributed by atoms with Gasteiger partial charge in [0, 0.05) is 18.4 Å². The van der Waals surface area contributed by atoms with E-state index in [-0.39, 0.29) is 11.3 Å². The highest BCUT2D eigenvalue weighted by atomic mass is 32.1. The van der Waals surface area contributed by atoms with Gasteiger partial charge in [-0.25, -0.2) is 0 Å². The summed E-state index contributed by atoms with van der Waals surface area (Å²) in [5.74, 6) is 1.03. The van der Waals surface area contributed by atoms with Crippen molar-refractivity contribution < 1.29 is 4.79 Å². The minimum absolute atomic E-state index is 0.165. The molecule has 0 atom stereocenters. The summed E-state index contributed by atoms with van der Waals surface area (Å²) in [5, 5.41) is 2.32. The highest BCUT2D eigenvalue weighted by molar-refractivity contribution is 7.80. The van der Waals surface area contributed by atoms with Crippen LogP contribution in [0.1, 0.15) is 26.2 Å². The summed E-state index contributed by atoms with van der Waals surface area (Å²) in [6.45, 7) is 2.75. The van der Waals surface area contributed by atoms with Crippen LogP contribution < -0.4 is 4.90 Å². The van der Waals surface area contributed by atoms with Gasteiger partial charge in [-0.05, 0) is 42.4 Å². The Morgan fingerprint density at radius 3 is 2.57 bits per heavy atom. The Bertz CT molecular complexity index is 658. The summed E-state index contributed by atoms with van der Waals surface area (Å²) < 4.78 is 0. The van der Waals surface area contributed by atoms with Gasteiger partial charge in [-0.3, -0.25) is 4.79 Å². The molecule has 0 aromatic heterocycles. The predicted molar refractivity (Wildman–Crippen MR) is 92.1 cm³/mol. The maximum atomic E-state index is 12.7. The predicted octanol–water partition coefficient (Wildman–Crippen LogP) is 4.29. The van der Waals surface area contributed by atoms with Crippen LogP contribution in [0.5, 0.6) is 0 Å². The number of amides is 1. The summed E-state index contributed by atoms with van der Waals surface area (Å²) >= 11 is 4.41. The molecule has 0 aliphatic heterocycles. The lowest BCUT2D eigenvalue weighted by molar-refractivity contribution is -0.119. The maximum absolute atomic E-state index is 12.7. The number of hydrogen-bond donors (Lipinski definition) is 1. The largest absolute Gasteiger partial charge is 0.312 e. The van der Waals surface area contributed by atoms with E-state index in [1.165, 1.54) is 5.39 Å². The van der Waals surface area contributed by atoms with Crippen LogP contribution in [0.15, 0.2) is 42.5 Å². The van der Waals surface area contributed by atoms with E-state index in [4.69, 9.17) is 0 Å². The van der Waals surface area contributed by atoms with Crippen molar-refractivity contribution in [3.8, 4) is 0 Å². The van der Waals surface area contributed by atoms with Crippen molar-refractivity contribution in [2.45, 2.75) is 26.2 Å². The van der Waals surface area contributed by atoms with Crippen molar-refractivity contribution in [2.75, 3.05) is 17.2 Å². The van der Waals surface area contributed by atoms with E-state index in [2.05, 4.69) is 30.8 Å². The second kappa shape index (κ2) is 5.72. The third kappa shape index (κ3) is 2.80. The van der Waals surface area contributed by atoms with E-state index in [1.807, 2.05) is 36.1 Å². The Morgan fingerprint density at radius 2 is 1.90 bits per heavy atom. The van der Waals surface area contributed by atoms with Crippen LogP contribution >= 0.6 is 12.6 Å². The van der Waals surface area contributed by atoms with E-state index in [9.17, 15) is 4.79 Å². The molecule has 21 heavy (non-hydrogen) atoms. The molecule has 0 radical (unpaired) electrons. The molecule has 0 saturated heterocycles. The van der Waals surface area contributed by atoms with Crippen LogP contribution in [0.2, 0.25) is 0 Å². The Kier molecular flexibility index (Phi) is 3.94. The maximum Gasteiger partial charge on any atom is 0.227 e. The molecule has 0 bridgehead atoms. The number of hydrogen-bond acceptors (Lipinski definition) is 2. The molecular formula is C18H21NOS. The zero-order valence-electron chi connectivity index (χ0n) is 12.4. The lowest BCUT2D eigenvalue weighted by Gasteiger charge is -2.25. The number of rotatable bonds is 5. The quantitative estimate of drug-likeness (QED) is 0.817. The fourth-order valence-electron chi connectivity index (χ4n) is 2.91. The normalized spacial score (nSPS) is 15.9. The van der Waals surface area contributed by atoms with Gasteiger partial charge in [-0.2, -0.15) is 12.6 Å². The topological polar surface area (TPSA) is 20.3 Å². The average Bonchev–Trinajstić information content (AvgIpc) is 3.28. The number of nitrogens with zero attached hydrogens (tertiary/aromatic N) is 1. The minimum Gasteiger partial charge on any atom is -0.312 e. The van der Waals surface area contributed by atoms with Gasteiger partial charge in [0.25, 0.3) is 0 Å². The zero-order valence-corrected chi connectivity index (χ0v) is 13.3. The second-order valence-corrected chi connectivity index (χ2v) is 6.29. The highest BCUT2D eigenvalue weighted by Crippen LogP contribution is 2.50. The molecule has 0 heterocycles.